The molecule has 5 nitrogen and oxygen atoms in total. The Hall–Kier alpha value is -1.56. The second kappa shape index (κ2) is 5.35. The monoisotopic (exact) mass is 225 g/mol. The van der Waals surface area contributed by atoms with Gasteiger partial charge in [-0.2, -0.15) is 0 Å². The molecule has 0 aliphatic rings. The molecule has 0 atom stereocenters. The summed E-state index contributed by atoms with van der Waals surface area (Å²) in [5, 5.41) is 14.8. The van der Waals surface area contributed by atoms with Gasteiger partial charge in [-0.05, 0) is 23.9 Å². The van der Waals surface area contributed by atoms with Gasteiger partial charge in [-0.25, -0.2) is 0 Å². The molecule has 82 valence electrons. The van der Waals surface area contributed by atoms with Crippen LogP contribution < -0.4 is 16.4 Å². The molecule has 0 bridgehead atoms. The lowest BCUT2D eigenvalue weighted by molar-refractivity contribution is 0.880. The van der Waals surface area contributed by atoms with Crippen molar-refractivity contribution in [2.45, 2.75) is 13.5 Å². The Labute approximate surface area is 92.9 Å². The summed E-state index contributed by atoms with van der Waals surface area (Å²) in [5.74, 6) is 0.387. The Morgan fingerprint density at radius 3 is 2.87 bits per heavy atom. The molecule has 1 aromatic heterocycles. The van der Waals surface area contributed by atoms with Gasteiger partial charge in [0.25, 0.3) is 0 Å². The van der Waals surface area contributed by atoms with Crippen LogP contribution in [0.2, 0.25) is 0 Å². The first-order valence-corrected chi connectivity index (χ1v) is 5.36. The fourth-order valence-corrected chi connectivity index (χ4v) is 1.81. The Morgan fingerprint density at radius 1 is 1.67 bits per heavy atom. The number of aliphatic imine (C=N–C) groups is 1. The van der Waals surface area contributed by atoms with E-state index >= 15 is 0 Å². The molecule has 15 heavy (non-hydrogen) atoms. The van der Waals surface area contributed by atoms with Crippen molar-refractivity contribution in [3.63, 3.8) is 0 Å². The highest BCUT2D eigenvalue weighted by molar-refractivity contribution is 7.10. The summed E-state index contributed by atoms with van der Waals surface area (Å²) < 4.78 is 0. The Morgan fingerprint density at radius 2 is 2.40 bits per heavy atom. The molecule has 1 rings (SSSR count). The Kier molecular flexibility index (Phi) is 4.11. The molecule has 5 N–H and O–H groups in total. The van der Waals surface area contributed by atoms with Crippen LogP contribution in [0.5, 0.6) is 0 Å². The topological polar surface area (TPSA) is 86.3 Å². The van der Waals surface area contributed by atoms with Crippen molar-refractivity contribution in [1.29, 1.82) is 5.41 Å². The van der Waals surface area contributed by atoms with E-state index in [0.29, 0.717) is 12.5 Å². The van der Waals surface area contributed by atoms with E-state index in [1.807, 2.05) is 5.38 Å². The zero-order valence-electron chi connectivity index (χ0n) is 8.79. The number of aryl methyl sites for hydroxylation is 1. The third-order valence-corrected chi connectivity index (χ3v) is 2.78. The van der Waals surface area contributed by atoms with Crippen molar-refractivity contribution in [1.82, 2.24) is 10.6 Å². The molecule has 0 saturated carbocycles. The highest BCUT2D eigenvalue weighted by Gasteiger charge is 2.01. The molecule has 0 aliphatic heterocycles. The lowest BCUT2D eigenvalue weighted by Gasteiger charge is -2.09. The van der Waals surface area contributed by atoms with E-state index in [1.165, 1.54) is 10.4 Å². The van der Waals surface area contributed by atoms with Crippen LogP contribution in [0, 0.1) is 12.3 Å². The number of guanidine groups is 2. The van der Waals surface area contributed by atoms with Crippen LogP contribution in [-0.2, 0) is 6.54 Å². The van der Waals surface area contributed by atoms with Crippen LogP contribution in [0.25, 0.3) is 0 Å². The molecule has 0 aromatic carbocycles. The predicted molar refractivity (Wildman–Crippen MR) is 64.3 cm³/mol. The average molecular weight is 225 g/mol. The van der Waals surface area contributed by atoms with Gasteiger partial charge in [0.1, 0.15) is 0 Å². The summed E-state index contributed by atoms with van der Waals surface area (Å²) in [5.41, 5.74) is 6.43. The van der Waals surface area contributed by atoms with Gasteiger partial charge in [0, 0.05) is 18.5 Å². The maximum Gasteiger partial charge on any atom is 0.198 e. The molecule has 6 heteroatoms. The van der Waals surface area contributed by atoms with Crippen LogP contribution in [0.1, 0.15) is 10.4 Å². The highest BCUT2D eigenvalue weighted by atomic mass is 32.1. The summed E-state index contributed by atoms with van der Waals surface area (Å²) >= 11 is 1.71. The zero-order valence-corrected chi connectivity index (χ0v) is 9.61. The van der Waals surface area contributed by atoms with Gasteiger partial charge in [-0.15, -0.1) is 11.3 Å². The fourth-order valence-electron chi connectivity index (χ4n) is 1.08. The minimum absolute atomic E-state index is 0.120. The van der Waals surface area contributed by atoms with Gasteiger partial charge in [-0.3, -0.25) is 15.7 Å². The van der Waals surface area contributed by atoms with Gasteiger partial charge in [0.05, 0.1) is 0 Å². The molecular formula is C9H15N5S. The maximum atomic E-state index is 7.07. The summed E-state index contributed by atoms with van der Waals surface area (Å²) in [6.45, 7) is 2.76. The minimum atomic E-state index is -0.120. The number of rotatable bonds is 2. The Bertz CT molecular complexity index is 368. The van der Waals surface area contributed by atoms with Crippen LogP contribution in [0.15, 0.2) is 16.4 Å². The molecule has 0 saturated heterocycles. The van der Waals surface area contributed by atoms with Crippen LogP contribution in [-0.4, -0.2) is 19.0 Å². The second-order valence-electron chi connectivity index (χ2n) is 2.97. The van der Waals surface area contributed by atoms with Gasteiger partial charge in [0.2, 0.25) is 0 Å². The first-order valence-electron chi connectivity index (χ1n) is 4.48. The number of nitrogens with two attached hydrogens (primary N) is 1. The zero-order chi connectivity index (χ0) is 11.3. The number of nitrogens with one attached hydrogen (secondary N) is 3. The number of nitrogens with zero attached hydrogens (tertiary/aromatic N) is 1. The minimum Gasteiger partial charge on any atom is -0.370 e. The molecular weight excluding hydrogens is 210 g/mol. The fraction of sp³-hybridized carbons (Fsp3) is 0.333. The molecule has 0 aliphatic carbocycles. The molecule has 0 radical (unpaired) electrons. The van der Waals surface area contributed by atoms with Crippen LogP contribution in [0.4, 0.5) is 0 Å². The van der Waals surface area contributed by atoms with Crippen LogP contribution >= 0.6 is 11.3 Å². The SMILES string of the molecule is C/N=C(/NCc1ccsc1C)NC(=N)N. The summed E-state index contributed by atoms with van der Waals surface area (Å²) in [7, 11) is 1.64. The first kappa shape index (κ1) is 11.5. The standard InChI is InChI=1S/C9H15N5S/c1-6-7(3-4-15-6)5-13-9(12-2)14-8(10)11/h3-4H,5H2,1-2H3,(H5,10,11,12,13,14). The lowest BCUT2D eigenvalue weighted by atomic mass is 10.3. The summed E-state index contributed by atoms with van der Waals surface area (Å²) in [6.07, 6.45) is 0. The molecule has 0 unspecified atom stereocenters. The smallest absolute Gasteiger partial charge is 0.198 e. The van der Waals surface area contributed by atoms with Gasteiger partial charge in [-0.1, -0.05) is 0 Å². The molecule has 1 aromatic rings. The van der Waals surface area contributed by atoms with E-state index in [2.05, 4.69) is 28.6 Å². The van der Waals surface area contributed by atoms with Crippen molar-refractivity contribution in [2.24, 2.45) is 10.7 Å². The van der Waals surface area contributed by atoms with Crippen molar-refractivity contribution in [2.75, 3.05) is 7.05 Å². The van der Waals surface area contributed by atoms with E-state index < -0.39 is 0 Å². The van der Waals surface area contributed by atoms with E-state index in [4.69, 9.17) is 11.1 Å². The molecule has 0 spiro atoms. The van der Waals surface area contributed by atoms with E-state index in [1.54, 1.807) is 18.4 Å². The molecule has 0 amide bonds. The predicted octanol–water partition coefficient (Wildman–Crippen LogP) is 0.615. The largest absolute Gasteiger partial charge is 0.370 e. The lowest BCUT2D eigenvalue weighted by Crippen LogP contribution is -2.43. The van der Waals surface area contributed by atoms with Gasteiger partial charge < -0.3 is 11.1 Å². The normalized spacial score (nSPS) is 11.2. The third kappa shape index (κ3) is 3.59. The first-order chi connectivity index (χ1) is 7.13. The van der Waals surface area contributed by atoms with Crippen molar-refractivity contribution < 1.29 is 0 Å². The number of hydrogen-bond acceptors (Lipinski definition) is 3. The summed E-state index contributed by atoms with van der Waals surface area (Å²) in [6, 6.07) is 2.06. The van der Waals surface area contributed by atoms with Crippen molar-refractivity contribution >= 4 is 23.3 Å². The summed E-state index contributed by atoms with van der Waals surface area (Å²) in [4.78, 5) is 5.21. The second-order valence-corrected chi connectivity index (χ2v) is 4.09. The number of thiophene rings is 1. The van der Waals surface area contributed by atoms with Crippen LogP contribution in [0.3, 0.4) is 0 Å². The molecule has 1 heterocycles. The van der Waals surface area contributed by atoms with E-state index in [0.717, 1.165) is 0 Å². The molecule has 0 fully saturated rings. The Balaban J connectivity index is 2.49. The van der Waals surface area contributed by atoms with E-state index in [9.17, 15) is 0 Å². The highest BCUT2D eigenvalue weighted by Crippen LogP contribution is 2.14. The van der Waals surface area contributed by atoms with Crippen molar-refractivity contribution in [3.8, 4) is 0 Å². The quantitative estimate of drug-likeness (QED) is 0.439. The van der Waals surface area contributed by atoms with Crippen molar-refractivity contribution in [3.05, 3.63) is 21.9 Å². The average Bonchev–Trinajstić information content (AvgIpc) is 2.58. The van der Waals surface area contributed by atoms with E-state index in [-0.39, 0.29) is 5.96 Å². The maximum absolute atomic E-state index is 7.07. The third-order valence-electron chi connectivity index (χ3n) is 1.89. The van der Waals surface area contributed by atoms with Gasteiger partial charge in [0.15, 0.2) is 11.9 Å². The van der Waals surface area contributed by atoms with Gasteiger partial charge >= 0.3 is 0 Å². The number of hydrogen-bond donors (Lipinski definition) is 4.